The number of nitrogens with two attached hydrogens (primary N) is 1. The second kappa shape index (κ2) is 6.13. The van der Waals surface area contributed by atoms with Crippen LogP contribution in [0.1, 0.15) is 37.0 Å². The Morgan fingerprint density at radius 1 is 1.55 bits per heavy atom. The Hall–Kier alpha value is -1.75. The molecule has 0 aliphatic carbocycles. The predicted molar refractivity (Wildman–Crippen MR) is 77.9 cm³/mol. The number of hydrogen-bond donors (Lipinski definition) is 2. The maximum atomic E-state index is 12.5. The molecule has 5 heteroatoms. The molecule has 2 rings (SSSR count). The highest BCUT2D eigenvalue weighted by molar-refractivity contribution is 5.99. The molecule has 0 aromatic heterocycles. The Morgan fingerprint density at radius 3 is 3.00 bits per heavy atom. The molecule has 0 radical (unpaired) electrons. The van der Waals surface area contributed by atoms with E-state index in [0.717, 1.165) is 19.4 Å². The van der Waals surface area contributed by atoms with Gasteiger partial charge in [-0.15, -0.1) is 0 Å². The Balaban J connectivity index is 2.18. The zero-order chi connectivity index (χ0) is 14.6. The fraction of sp³-hybridized carbons (Fsp3) is 0.533. The molecule has 1 saturated heterocycles. The third-order valence-electron chi connectivity index (χ3n) is 3.43. The number of ether oxygens (including phenoxy) is 2. The molecular formula is C15H22N2O3. The zero-order valence-electron chi connectivity index (χ0n) is 12.1. The summed E-state index contributed by atoms with van der Waals surface area (Å²) in [6.07, 6.45) is 1.86. The smallest absolute Gasteiger partial charge is 0.255 e. The van der Waals surface area contributed by atoms with Crippen LogP contribution in [0.4, 0.5) is 5.69 Å². The lowest BCUT2D eigenvalue weighted by molar-refractivity contribution is 0.0272. The third-order valence-corrected chi connectivity index (χ3v) is 3.43. The lowest BCUT2D eigenvalue weighted by Gasteiger charge is -2.34. The van der Waals surface area contributed by atoms with Gasteiger partial charge in [-0.05, 0) is 38.8 Å². The minimum atomic E-state index is -0.330. The van der Waals surface area contributed by atoms with Crippen LogP contribution < -0.4 is 15.8 Å². The summed E-state index contributed by atoms with van der Waals surface area (Å²) in [7, 11) is 0. The Kier molecular flexibility index (Phi) is 4.49. The van der Waals surface area contributed by atoms with Gasteiger partial charge in [-0.1, -0.05) is 6.07 Å². The Labute approximate surface area is 119 Å². The van der Waals surface area contributed by atoms with Crippen molar-refractivity contribution in [1.29, 1.82) is 0 Å². The van der Waals surface area contributed by atoms with E-state index in [-0.39, 0.29) is 11.4 Å². The number of amides is 1. The highest BCUT2D eigenvalue weighted by atomic mass is 16.5. The van der Waals surface area contributed by atoms with Gasteiger partial charge in [0.1, 0.15) is 0 Å². The molecule has 1 aromatic rings. The van der Waals surface area contributed by atoms with Crippen LogP contribution in [0, 0.1) is 0 Å². The second-order valence-corrected chi connectivity index (χ2v) is 5.33. The number of hydrogen-bond acceptors (Lipinski definition) is 4. The van der Waals surface area contributed by atoms with Gasteiger partial charge >= 0.3 is 0 Å². The normalized spacial score (nSPS) is 22.3. The van der Waals surface area contributed by atoms with Gasteiger partial charge in [0.05, 0.1) is 30.0 Å². The van der Waals surface area contributed by atoms with Crippen molar-refractivity contribution in [3.8, 4) is 5.75 Å². The first-order valence-electron chi connectivity index (χ1n) is 6.97. The first-order valence-corrected chi connectivity index (χ1v) is 6.97. The van der Waals surface area contributed by atoms with Gasteiger partial charge < -0.3 is 20.5 Å². The van der Waals surface area contributed by atoms with E-state index in [1.807, 2.05) is 13.8 Å². The van der Waals surface area contributed by atoms with Crippen LogP contribution in [-0.2, 0) is 4.74 Å². The van der Waals surface area contributed by atoms with Crippen LogP contribution in [0.15, 0.2) is 18.2 Å². The third kappa shape index (κ3) is 3.22. The lowest BCUT2D eigenvalue weighted by Crippen LogP contribution is -2.51. The van der Waals surface area contributed by atoms with Crippen molar-refractivity contribution < 1.29 is 14.3 Å². The minimum Gasteiger partial charge on any atom is -0.491 e. The summed E-state index contributed by atoms with van der Waals surface area (Å²) in [5.74, 6) is 0.279. The fourth-order valence-electron chi connectivity index (χ4n) is 2.41. The first kappa shape index (κ1) is 14.7. The molecule has 1 aromatic carbocycles. The number of anilines is 1. The summed E-state index contributed by atoms with van der Waals surface area (Å²) in [5, 5.41) is 3.04. The van der Waals surface area contributed by atoms with Crippen LogP contribution in [0.5, 0.6) is 5.75 Å². The maximum Gasteiger partial charge on any atom is 0.255 e. The first-order chi connectivity index (χ1) is 9.56. The number of carbonyl (C=O) groups excluding carboxylic acids is 1. The zero-order valence-corrected chi connectivity index (χ0v) is 12.1. The van der Waals surface area contributed by atoms with Crippen molar-refractivity contribution in [1.82, 2.24) is 5.32 Å². The van der Waals surface area contributed by atoms with E-state index in [1.54, 1.807) is 18.2 Å². The summed E-state index contributed by atoms with van der Waals surface area (Å²) >= 11 is 0. The van der Waals surface area contributed by atoms with Gasteiger partial charge in [0, 0.05) is 6.61 Å². The molecule has 1 heterocycles. The predicted octanol–water partition coefficient (Wildman–Crippen LogP) is 1.97. The molecular weight excluding hydrogens is 256 g/mol. The molecule has 1 unspecified atom stereocenters. The summed E-state index contributed by atoms with van der Waals surface area (Å²) in [5.41, 5.74) is 6.50. The van der Waals surface area contributed by atoms with Gasteiger partial charge in [0.15, 0.2) is 5.75 Å². The summed E-state index contributed by atoms with van der Waals surface area (Å²) in [6.45, 7) is 5.62. The van der Waals surface area contributed by atoms with Gasteiger partial charge in [0.2, 0.25) is 0 Å². The van der Waals surface area contributed by atoms with Crippen molar-refractivity contribution in [3.63, 3.8) is 0 Å². The molecule has 110 valence electrons. The van der Waals surface area contributed by atoms with Crippen LogP contribution >= 0.6 is 0 Å². The van der Waals surface area contributed by atoms with E-state index >= 15 is 0 Å². The number of nitrogens with one attached hydrogen (secondary N) is 1. The number of nitrogen functional groups attached to an aromatic ring is 1. The average molecular weight is 278 g/mol. The number of rotatable bonds is 4. The van der Waals surface area contributed by atoms with Gasteiger partial charge in [-0.3, -0.25) is 4.79 Å². The molecule has 1 aliphatic rings. The number of carbonyl (C=O) groups is 1. The molecule has 3 N–H and O–H groups in total. The highest BCUT2D eigenvalue weighted by Gasteiger charge is 2.30. The number of benzene rings is 1. The van der Waals surface area contributed by atoms with Crippen molar-refractivity contribution in [2.45, 2.75) is 32.2 Å². The molecule has 5 nitrogen and oxygen atoms in total. The topological polar surface area (TPSA) is 73.6 Å². The molecule has 1 aliphatic heterocycles. The Bertz CT molecular complexity index is 482. The largest absolute Gasteiger partial charge is 0.491 e. The van der Waals surface area contributed by atoms with E-state index in [4.69, 9.17) is 15.2 Å². The summed E-state index contributed by atoms with van der Waals surface area (Å²) in [6, 6.07) is 5.21. The molecule has 1 atom stereocenters. The van der Waals surface area contributed by atoms with Gasteiger partial charge in [0.25, 0.3) is 5.91 Å². The van der Waals surface area contributed by atoms with Gasteiger partial charge in [-0.25, -0.2) is 0 Å². The monoisotopic (exact) mass is 278 g/mol. The van der Waals surface area contributed by atoms with E-state index in [2.05, 4.69) is 5.32 Å². The second-order valence-electron chi connectivity index (χ2n) is 5.33. The van der Waals surface area contributed by atoms with Crippen LogP contribution in [0.25, 0.3) is 0 Å². The lowest BCUT2D eigenvalue weighted by atomic mass is 9.94. The van der Waals surface area contributed by atoms with E-state index in [0.29, 0.717) is 30.2 Å². The van der Waals surface area contributed by atoms with Crippen LogP contribution in [-0.4, -0.2) is 31.3 Å². The Morgan fingerprint density at radius 2 is 2.35 bits per heavy atom. The highest BCUT2D eigenvalue weighted by Crippen LogP contribution is 2.27. The quantitative estimate of drug-likeness (QED) is 0.826. The van der Waals surface area contributed by atoms with E-state index in [9.17, 15) is 4.79 Å². The molecule has 1 fully saturated rings. The SMILES string of the molecule is CCOc1c(N)cccc1C(=O)NC1(C)CCCOC1. The molecule has 0 saturated carbocycles. The maximum absolute atomic E-state index is 12.5. The molecule has 0 spiro atoms. The van der Waals surface area contributed by atoms with E-state index in [1.165, 1.54) is 0 Å². The minimum absolute atomic E-state index is 0.172. The van der Waals surface area contributed by atoms with Crippen molar-refractivity contribution in [2.24, 2.45) is 0 Å². The van der Waals surface area contributed by atoms with Crippen molar-refractivity contribution >= 4 is 11.6 Å². The molecule has 20 heavy (non-hydrogen) atoms. The summed E-state index contributed by atoms with van der Waals surface area (Å²) < 4.78 is 10.9. The standard InChI is InChI=1S/C15H22N2O3/c1-3-20-13-11(6-4-7-12(13)16)14(18)17-15(2)8-5-9-19-10-15/h4,6-7H,3,5,8-10,16H2,1-2H3,(H,17,18). The fourth-order valence-corrected chi connectivity index (χ4v) is 2.41. The van der Waals surface area contributed by atoms with Crippen LogP contribution in [0.2, 0.25) is 0 Å². The van der Waals surface area contributed by atoms with E-state index < -0.39 is 0 Å². The average Bonchev–Trinajstić information content (AvgIpc) is 2.41. The molecule has 0 bridgehead atoms. The van der Waals surface area contributed by atoms with Crippen molar-refractivity contribution in [2.75, 3.05) is 25.6 Å². The van der Waals surface area contributed by atoms with Gasteiger partial charge in [-0.2, -0.15) is 0 Å². The molecule has 1 amide bonds. The number of para-hydroxylation sites is 1. The van der Waals surface area contributed by atoms with Crippen LogP contribution in [0.3, 0.4) is 0 Å². The summed E-state index contributed by atoms with van der Waals surface area (Å²) in [4.78, 5) is 12.5. The van der Waals surface area contributed by atoms with Crippen molar-refractivity contribution in [3.05, 3.63) is 23.8 Å².